The fourth-order valence-electron chi connectivity index (χ4n) is 3.88. The minimum Gasteiger partial charge on any atom is -0.476 e. The Kier molecular flexibility index (Phi) is 11.2. The third kappa shape index (κ3) is 7.29. The topological polar surface area (TPSA) is 96.7 Å². The highest BCUT2D eigenvalue weighted by molar-refractivity contribution is 7.14. The Balaban J connectivity index is 0.000000630. The van der Waals surface area contributed by atoms with Gasteiger partial charge in [0, 0.05) is 17.0 Å². The molecule has 5 rings (SSSR count). The van der Waals surface area contributed by atoms with Crippen molar-refractivity contribution in [1.82, 2.24) is 9.97 Å². The summed E-state index contributed by atoms with van der Waals surface area (Å²) >= 11 is 2.92. The van der Waals surface area contributed by atoms with Crippen LogP contribution in [-0.4, -0.2) is 33.4 Å². The van der Waals surface area contributed by atoms with E-state index in [0.717, 1.165) is 16.7 Å². The van der Waals surface area contributed by atoms with E-state index in [4.69, 9.17) is 4.84 Å². The van der Waals surface area contributed by atoms with Gasteiger partial charge >= 0.3 is 5.97 Å². The van der Waals surface area contributed by atoms with Crippen molar-refractivity contribution in [1.29, 1.82) is 0 Å². The summed E-state index contributed by atoms with van der Waals surface area (Å²) in [7, 11) is 0. The summed E-state index contributed by atoms with van der Waals surface area (Å²) in [6.07, 6.45) is 1.77. The van der Waals surface area contributed by atoms with E-state index in [-0.39, 0.29) is 30.4 Å². The van der Waals surface area contributed by atoms with Crippen LogP contribution in [0.5, 0.6) is 0 Å². The van der Waals surface area contributed by atoms with Gasteiger partial charge in [0.15, 0.2) is 5.13 Å². The number of oxime groups is 1. The second-order valence-electron chi connectivity index (χ2n) is 7.85. The number of anilines is 1. The lowest BCUT2D eigenvalue weighted by Crippen LogP contribution is -2.38. The summed E-state index contributed by atoms with van der Waals surface area (Å²) in [5.41, 5.74) is 4.14. The molecule has 10 heteroatoms. The van der Waals surface area contributed by atoms with Crippen molar-refractivity contribution in [3.05, 3.63) is 136 Å². The maximum absolute atomic E-state index is 11.7. The molecule has 0 bridgehead atoms. The van der Waals surface area contributed by atoms with E-state index in [2.05, 4.69) is 56.8 Å². The van der Waals surface area contributed by atoms with Crippen molar-refractivity contribution in [2.24, 2.45) is 5.16 Å². The Labute approximate surface area is 241 Å². The number of hydrogen-bond acceptors (Lipinski definition) is 8. The highest BCUT2D eigenvalue weighted by Gasteiger charge is 2.37. The molecule has 2 N–H and O–H groups in total. The van der Waals surface area contributed by atoms with Crippen molar-refractivity contribution in [2.45, 2.75) is 12.5 Å². The Morgan fingerprint density at radius 2 is 1.49 bits per heavy atom. The highest BCUT2D eigenvalue weighted by Crippen LogP contribution is 2.40. The average Bonchev–Trinajstić information content (AvgIpc) is 3.69. The van der Waals surface area contributed by atoms with Crippen LogP contribution in [0.15, 0.2) is 119 Å². The van der Waals surface area contributed by atoms with Crippen LogP contribution in [0.3, 0.4) is 0 Å². The number of halogens is 1. The van der Waals surface area contributed by atoms with Crippen LogP contribution in [0.4, 0.5) is 5.13 Å². The van der Waals surface area contributed by atoms with Crippen molar-refractivity contribution < 1.29 is 14.7 Å². The highest BCUT2D eigenvalue weighted by atomic mass is 35.5. The zero-order valence-corrected chi connectivity index (χ0v) is 23.5. The van der Waals surface area contributed by atoms with Crippen LogP contribution in [0.25, 0.3) is 0 Å². The number of carboxylic acids is 1. The molecule has 0 fully saturated rings. The van der Waals surface area contributed by atoms with Gasteiger partial charge in [-0.3, -0.25) is 4.98 Å². The first-order valence-electron chi connectivity index (χ1n) is 11.8. The van der Waals surface area contributed by atoms with Crippen molar-refractivity contribution in [3.63, 3.8) is 0 Å². The van der Waals surface area contributed by atoms with Crippen LogP contribution in [0.2, 0.25) is 0 Å². The first kappa shape index (κ1) is 29.5. The number of nitrogens with zero attached hydrogens (tertiary/aromatic N) is 3. The van der Waals surface area contributed by atoms with Gasteiger partial charge in [-0.2, -0.15) is 0 Å². The molecule has 5 aromatic rings. The van der Waals surface area contributed by atoms with Gasteiger partial charge in [0.25, 0.3) is 0 Å². The molecule has 0 aliphatic heterocycles. The summed E-state index contributed by atoms with van der Waals surface area (Å²) in [6.45, 7) is 2.01. The lowest BCUT2D eigenvalue weighted by atomic mass is 9.77. The van der Waals surface area contributed by atoms with Crippen LogP contribution < -0.4 is 5.32 Å². The van der Waals surface area contributed by atoms with Gasteiger partial charge < -0.3 is 15.3 Å². The second kappa shape index (κ2) is 14.8. The van der Waals surface area contributed by atoms with E-state index in [1.54, 1.807) is 35.3 Å². The van der Waals surface area contributed by atoms with Crippen molar-refractivity contribution >= 4 is 51.9 Å². The van der Waals surface area contributed by atoms with E-state index in [1.807, 2.05) is 60.0 Å². The molecule has 39 heavy (non-hydrogen) atoms. The standard InChI is InChI=1S/C26H23N3O3S.C3H3NS.ClH/c1-2-32-29-23(24(30)31)22-18-33-25(27-22)28-26(19-12-6-3-7-13-19,20-14-8-4-9-15-20)21-16-10-5-11-17-21;1-2-5-3-4-1;/h3-18H,2H2,1H3,(H,27,28)(H,30,31);1-3H;1H. The molecule has 0 saturated carbocycles. The SMILES string of the molecule is CCON=C(C(=O)O)c1csc(NC(c2ccccc2)(c2ccccc2)c2ccccc2)n1.Cl.c1cscn1. The van der Waals surface area contributed by atoms with Gasteiger partial charge in [0.1, 0.15) is 17.8 Å². The number of nitrogens with one attached hydrogen (secondary N) is 1. The predicted molar refractivity (Wildman–Crippen MR) is 160 cm³/mol. The Morgan fingerprint density at radius 1 is 0.949 bits per heavy atom. The second-order valence-corrected chi connectivity index (χ2v) is 9.46. The van der Waals surface area contributed by atoms with Gasteiger partial charge in [-0.1, -0.05) is 96.2 Å². The minimum atomic E-state index is -1.19. The summed E-state index contributed by atoms with van der Waals surface area (Å²) in [5.74, 6) is -1.19. The number of aromatic nitrogens is 2. The number of hydrogen-bond donors (Lipinski definition) is 2. The Bertz CT molecular complexity index is 1320. The van der Waals surface area contributed by atoms with E-state index in [1.165, 1.54) is 11.3 Å². The zero-order chi connectivity index (χ0) is 26.6. The zero-order valence-electron chi connectivity index (χ0n) is 21.0. The summed E-state index contributed by atoms with van der Waals surface area (Å²) in [5, 5.41) is 21.1. The minimum absolute atomic E-state index is 0. The molecule has 0 atom stereocenters. The molecule has 0 spiro atoms. The molecule has 3 aromatic carbocycles. The molecule has 7 nitrogen and oxygen atoms in total. The molecule has 0 aliphatic rings. The van der Waals surface area contributed by atoms with Gasteiger partial charge in [-0.15, -0.1) is 35.1 Å². The maximum Gasteiger partial charge on any atom is 0.360 e. The lowest BCUT2D eigenvalue weighted by molar-refractivity contribution is -0.129. The number of thiazole rings is 2. The summed E-state index contributed by atoms with van der Waals surface area (Å²) in [6, 6.07) is 30.4. The predicted octanol–water partition coefficient (Wildman–Crippen LogP) is 6.94. The fraction of sp³-hybridized carbons (Fsp3) is 0.103. The van der Waals surface area contributed by atoms with Gasteiger partial charge in [0.2, 0.25) is 5.71 Å². The molecular formula is C29H27ClN4O3S2. The van der Waals surface area contributed by atoms with Gasteiger partial charge in [-0.05, 0) is 23.6 Å². The molecule has 0 unspecified atom stereocenters. The first-order chi connectivity index (χ1) is 18.6. The van der Waals surface area contributed by atoms with Crippen LogP contribution in [0, 0.1) is 0 Å². The van der Waals surface area contributed by atoms with E-state index in [9.17, 15) is 9.90 Å². The van der Waals surface area contributed by atoms with E-state index < -0.39 is 11.5 Å². The van der Waals surface area contributed by atoms with Gasteiger partial charge in [-0.25, -0.2) is 9.78 Å². The Morgan fingerprint density at radius 3 is 1.87 bits per heavy atom. The molecule has 200 valence electrons. The molecule has 0 saturated heterocycles. The third-order valence-electron chi connectivity index (χ3n) is 5.50. The first-order valence-corrected chi connectivity index (χ1v) is 13.6. The quantitative estimate of drug-likeness (QED) is 0.112. The molecular weight excluding hydrogens is 552 g/mol. The van der Waals surface area contributed by atoms with Crippen LogP contribution in [-0.2, 0) is 15.2 Å². The molecule has 0 radical (unpaired) electrons. The maximum atomic E-state index is 11.7. The van der Waals surface area contributed by atoms with Crippen LogP contribution >= 0.6 is 35.1 Å². The fourth-order valence-corrected chi connectivity index (χ4v) is 4.98. The summed E-state index contributed by atoms with van der Waals surface area (Å²) < 4.78 is 0. The molecule has 0 aliphatic carbocycles. The number of carbonyl (C=O) groups is 1. The number of rotatable bonds is 9. The molecule has 0 amide bonds. The van der Waals surface area contributed by atoms with Crippen LogP contribution in [0.1, 0.15) is 29.3 Å². The number of aliphatic carboxylic acids is 1. The third-order valence-corrected chi connectivity index (χ3v) is 6.78. The monoisotopic (exact) mass is 578 g/mol. The van der Waals surface area contributed by atoms with Crippen molar-refractivity contribution in [3.8, 4) is 0 Å². The largest absolute Gasteiger partial charge is 0.476 e. The molecule has 2 heterocycles. The Hall–Kier alpha value is -4.05. The number of benzene rings is 3. The lowest BCUT2D eigenvalue weighted by Gasteiger charge is -2.36. The smallest absolute Gasteiger partial charge is 0.360 e. The normalized spacial score (nSPS) is 10.9. The molecule has 2 aromatic heterocycles. The van der Waals surface area contributed by atoms with E-state index >= 15 is 0 Å². The van der Waals surface area contributed by atoms with E-state index in [0.29, 0.717) is 5.13 Å². The summed E-state index contributed by atoms with van der Waals surface area (Å²) in [4.78, 5) is 25.0. The number of carboxylic acid groups (broad SMARTS) is 1. The average molecular weight is 579 g/mol. The van der Waals surface area contributed by atoms with Gasteiger partial charge in [0.05, 0.1) is 5.51 Å². The van der Waals surface area contributed by atoms with Crippen molar-refractivity contribution in [2.75, 3.05) is 11.9 Å².